The predicted molar refractivity (Wildman–Crippen MR) is 107 cm³/mol. The van der Waals surface area contributed by atoms with Crippen LogP contribution >= 0.6 is 23.4 Å². The third-order valence-electron chi connectivity index (χ3n) is 4.42. The molecule has 2 aromatic rings. The van der Waals surface area contributed by atoms with Gasteiger partial charge in [-0.3, -0.25) is 9.59 Å². The lowest BCUT2D eigenvalue weighted by molar-refractivity contribution is -0.133. The standard InChI is InChI=1S/C20H21ClN2O2S/c1-3-23(12-19(24)22-16-11-15(21)9-8-13(16)2)20(25)18-10-14-6-4-5-7-17(14)26-18/h4-9,11,18H,3,10,12H2,1-2H3,(H,22,24). The number of carbonyl (C=O) groups is 2. The molecule has 1 aliphatic rings. The summed E-state index contributed by atoms with van der Waals surface area (Å²) in [6.07, 6.45) is 0.713. The molecule has 0 bridgehead atoms. The van der Waals surface area contributed by atoms with E-state index in [1.54, 1.807) is 28.8 Å². The van der Waals surface area contributed by atoms with Crippen molar-refractivity contribution < 1.29 is 9.59 Å². The molecule has 0 saturated heterocycles. The molecule has 3 rings (SSSR count). The van der Waals surface area contributed by atoms with E-state index in [1.165, 1.54) is 5.56 Å². The van der Waals surface area contributed by atoms with Gasteiger partial charge in [0.05, 0.1) is 11.8 Å². The molecule has 0 fully saturated rings. The number of aryl methyl sites for hydroxylation is 1. The number of benzene rings is 2. The van der Waals surface area contributed by atoms with Crippen molar-refractivity contribution in [2.24, 2.45) is 0 Å². The van der Waals surface area contributed by atoms with Crippen molar-refractivity contribution in [3.05, 3.63) is 58.6 Å². The van der Waals surface area contributed by atoms with Gasteiger partial charge in [-0.25, -0.2) is 0 Å². The molecule has 1 unspecified atom stereocenters. The largest absolute Gasteiger partial charge is 0.333 e. The Kier molecular flexibility index (Phi) is 5.89. The highest BCUT2D eigenvalue weighted by Gasteiger charge is 2.31. The summed E-state index contributed by atoms with van der Waals surface area (Å²) in [5, 5.41) is 3.26. The normalized spacial score (nSPS) is 15.4. The second kappa shape index (κ2) is 8.14. The van der Waals surface area contributed by atoms with E-state index < -0.39 is 0 Å². The summed E-state index contributed by atoms with van der Waals surface area (Å²) in [5.74, 6) is -0.210. The fourth-order valence-electron chi connectivity index (χ4n) is 2.96. The SMILES string of the molecule is CCN(CC(=O)Nc1cc(Cl)ccc1C)C(=O)C1Cc2ccccc2S1. The Morgan fingerprint density at radius 3 is 2.77 bits per heavy atom. The van der Waals surface area contributed by atoms with Gasteiger partial charge in [0.25, 0.3) is 0 Å². The lowest BCUT2D eigenvalue weighted by Gasteiger charge is -2.23. The number of carbonyl (C=O) groups excluding carboxylic acids is 2. The number of thioether (sulfide) groups is 1. The van der Waals surface area contributed by atoms with E-state index >= 15 is 0 Å². The zero-order chi connectivity index (χ0) is 18.7. The minimum atomic E-state index is -0.217. The quantitative estimate of drug-likeness (QED) is 0.836. The van der Waals surface area contributed by atoms with E-state index in [0.29, 0.717) is 23.7 Å². The van der Waals surface area contributed by atoms with Crippen LogP contribution in [0.3, 0.4) is 0 Å². The van der Waals surface area contributed by atoms with E-state index in [4.69, 9.17) is 11.6 Å². The van der Waals surface area contributed by atoms with Crippen LogP contribution in [-0.2, 0) is 16.0 Å². The number of nitrogens with zero attached hydrogens (tertiary/aromatic N) is 1. The van der Waals surface area contributed by atoms with E-state index in [9.17, 15) is 9.59 Å². The summed E-state index contributed by atoms with van der Waals surface area (Å²) in [6, 6.07) is 13.4. The Labute approximate surface area is 162 Å². The molecule has 1 N–H and O–H groups in total. The van der Waals surface area contributed by atoms with Gasteiger partial charge in [0.15, 0.2) is 0 Å². The molecule has 6 heteroatoms. The van der Waals surface area contributed by atoms with Crippen molar-refractivity contribution in [2.45, 2.75) is 30.4 Å². The van der Waals surface area contributed by atoms with Crippen LogP contribution in [0.25, 0.3) is 0 Å². The minimum Gasteiger partial charge on any atom is -0.333 e. The van der Waals surface area contributed by atoms with Crippen LogP contribution in [0.15, 0.2) is 47.4 Å². The second-order valence-electron chi connectivity index (χ2n) is 6.28. The lowest BCUT2D eigenvalue weighted by atomic mass is 10.1. The fraction of sp³-hybridized carbons (Fsp3) is 0.300. The van der Waals surface area contributed by atoms with Crippen LogP contribution in [-0.4, -0.2) is 35.1 Å². The third-order valence-corrected chi connectivity index (χ3v) is 5.96. The first-order chi connectivity index (χ1) is 12.5. The number of hydrogen-bond acceptors (Lipinski definition) is 3. The van der Waals surface area contributed by atoms with Crippen LogP contribution in [0.2, 0.25) is 5.02 Å². The van der Waals surface area contributed by atoms with Crippen molar-refractivity contribution in [1.29, 1.82) is 0 Å². The molecule has 0 spiro atoms. The zero-order valence-corrected chi connectivity index (χ0v) is 16.4. The molecule has 136 valence electrons. The number of rotatable bonds is 5. The van der Waals surface area contributed by atoms with Crippen LogP contribution in [0.1, 0.15) is 18.1 Å². The van der Waals surface area contributed by atoms with Gasteiger partial charge in [-0.1, -0.05) is 35.9 Å². The van der Waals surface area contributed by atoms with Crippen molar-refractivity contribution in [2.75, 3.05) is 18.4 Å². The van der Waals surface area contributed by atoms with Gasteiger partial charge < -0.3 is 10.2 Å². The molecular weight excluding hydrogens is 368 g/mol. The Bertz CT molecular complexity index is 815. The topological polar surface area (TPSA) is 49.4 Å². The van der Waals surface area contributed by atoms with Crippen LogP contribution in [0, 0.1) is 6.92 Å². The summed E-state index contributed by atoms with van der Waals surface area (Å²) in [7, 11) is 0. The molecule has 2 amide bonds. The van der Waals surface area contributed by atoms with Gasteiger partial charge in [-0.05, 0) is 49.6 Å². The second-order valence-corrected chi connectivity index (χ2v) is 7.96. The third kappa shape index (κ3) is 4.22. The summed E-state index contributed by atoms with van der Waals surface area (Å²) in [5.41, 5.74) is 2.80. The minimum absolute atomic E-state index is 0.00617. The number of likely N-dealkylation sites (N-methyl/N-ethyl adjacent to an activating group) is 1. The number of nitrogens with one attached hydrogen (secondary N) is 1. The predicted octanol–water partition coefficient (Wildman–Crippen LogP) is 4.15. The highest BCUT2D eigenvalue weighted by molar-refractivity contribution is 8.01. The smallest absolute Gasteiger partial charge is 0.244 e. The molecule has 0 radical (unpaired) electrons. The molecule has 0 saturated carbocycles. The van der Waals surface area contributed by atoms with Crippen molar-refractivity contribution in [1.82, 2.24) is 4.90 Å². The first-order valence-electron chi connectivity index (χ1n) is 8.57. The number of hydrogen-bond donors (Lipinski definition) is 1. The number of anilines is 1. The Balaban J connectivity index is 1.63. The molecule has 1 atom stereocenters. The molecule has 2 aromatic carbocycles. The van der Waals surface area contributed by atoms with Crippen molar-refractivity contribution >= 4 is 40.9 Å². The van der Waals surface area contributed by atoms with E-state index in [-0.39, 0.29) is 23.6 Å². The molecule has 4 nitrogen and oxygen atoms in total. The number of halogens is 1. The average molecular weight is 389 g/mol. The summed E-state index contributed by atoms with van der Waals surface area (Å²) >= 11 is 7.58. The van der Waals surface area contributed by atoms with Crippen LogP contribution < -0.4 is 5.32 Å². The first kappa shape index (κ1) is 18.8. The van der Waals surface area contributed by atoms with E-state index in [2.05, 4.69) is 11.4 Å². The van der Waals surface area contributed by atoms with Crippen molar-refractivity contribution in [3.8, 4) is 0 Å². The maximum absolute atomic E-state index is 12.9. The van der Waals surface area contributed by atoms with Crippen LogP contribution in [0.5, 0.6) is 0 Å². The van der Waals surface area contributed by atoms with Gasteiger partial charge in [0.2, 0.25) is 11.8 Å². The Morgan fingerprint density at radius 1 is 1.27 bits per heavy atom. The lowest BCUT2D eigenvalue weighted by Crippen LogP contribution is -2.42. The number of amides is 2. The van der Waals surface area contributed by atoms with E-state index in [1.807, 2.05) is 38.1 Å². The van der Waals surface area contributed by atoms with Gasteiger partial charge in [0, 0.05) is 22.2 Å². The molecule has 0 aliphatic carbocycles. The average Bonchev–Trinajstić information content (AvgIpc) is 3.06. The molecule has 0 aromatic heterocycles. The highest BCUT2D eigenvalue weighted by atomic mass is 35.5. The van der Waals surface area contributed by atoms with Gasteiger partial charge in [0.1, 0.15) is 0 Å². The Hall–Kier alpha value is -1.98. The van der Waals surface area contributed by atoms with Gasteiger partial charge in [-0.2, -0.15) is 0 Å². The molecule has 26 heavy (non-hydrogen) atoms. The Morgan fingerprint density at radius 2 is 2.04 bits per heavy atom. The summed E-state index contributed by atoms with van der Waals surface area (Å²) in [4.78, 5) is 28.0. The highest BCUT2D eigenvalue weighted by Crippen LogP contribution is 2.37. The summed E-state index contributed by atoms with van der Waals surface area (Å²) < 4.78 is 0. The van der Waals surface area contributed by atoms with E-state index in [0.717, 1.165) is 10.5 Å². The zero-order valence-electron chi connectivity index (χ0n) is 14.8. The number of fused-ring (bicyclic) bond motifs is 1. The van der Waals surface area contributed by atoms with Crippen molar-refractivity contribution in [3.63, 3.8) is 0 Å². The van der Waals surface area contributed by atoms with Gasteiger partial charge in [-0.15, -0.1) is 11.8 Å². The van der Waals surface area contributed by atoms with Gasteiger partial charge >= 0.3 is 0 Å². The molecule has 1 aliphatic heterocycles. The molecule has 1 heterocycles. The summed E-state index contributed by atoms with van der Waals surface area (Å²) in [6.45, 7) is 4.33. The fourth-order valence-corrected chi connectivity index (χ4v) is 4.41. The maximum atomic E-state index is 12.9. The monoisotopic (exact) mass is 388 g/mol. The first-order valence-corrected chi connectivity index (χ1v) is 9.83. The maximum Gasteiger partial charge on any atom is 0.244 e. The van der Waals surface area contributed by atoms with Crippen LogP contribution in [0.4, 0.5) is 5.69 Å². The molecular formula is C20H21ClN2O2S.